The van der Waals surface area contributed by atoms with Crippen LogP contribution < -0.4 is 16.2 Å². The van der Waals surface area contributed by atoms with E-state index in [0.717, 1.165) is 5.56 Å². The van der Waals surface area contributed by atoms with Crippen LogP contribution in [0.15, 0.2) is 42.5 Å². The molecule has 206 valence electrons. The number of anilines is 1. The molecule has 9 heteroatoms. The van der Waals surface area contributed by atoms with Gasteiger partial charge in [-0.3, -0.25) is 9.59 Å². The van der Waals surface area contributed by atoms with E-state index in [0.29, 0.717) is 28.0 Å². The number of hydrogen-bond donors (Lipinski definition) is 3. The summed E-state index contributed by atoms with van der Waals surface area (Å²) in [7, 11) is 0. The van der Waals surface area contributed by atoms with Gasteiger partial charge in [-0.15, -0.1) is 0 Å². The van der Waals surface area contributed by atoms with Crippen LogP contribution in [-0.4, -0.2) is 31.6 Å². The van der Waals surface area contributed by atoms with Gasteiger partial charge in [0, 0.05) is 28.6 Å². The van der Waals surface area contributed by atoms with Crippen molar-refractivity contribution in [2.24, 2.45) is 5.73 Å². The summed E-state index contributed by atoms with van der Waals surface area (Å²) >= 11 is 0. The summed E-state index contributed by atoms with van der Waals surface area (Å²) in [6, 6.07) is 12.0. The van der Waals surface area contributed by atoms with Crippen LogP contribution in [0.4, 0.5) is 5.69 Å². The molecule has 0 fully saturated rings. The second-order valence-corrected chi connectivity index (χ2v) is 11.7. The van der Waals surface area contributed by atoms with Crippen molar-refractivity contribution >= 4 is 28.4 Å². The zero-order valence-electron chi connectivity index (χ0n) is 23.4. The molecule has 0 bridgehead atoms. The van der Waals surface area contributed by atoms with Crippen LogP contribution in [0, 0.1) is 0 Å². The van der Waals surface area contributed by atoms with E-state index >= 15 is 0 Å². The highest BCUT2D eigenvalue weighted by Gasteiger charge is 2.73. The number of primary amides is 1. The van der Waals surface area contributed by atoms with Crippen LogP contribution in [0.3, 0.4) is 0 Å². The highest BCUT2D eigenvalue weighted by Crippen LogP contribution is 2.64. The Kier molecular flexibility index (Phi) is 5.45. The van der Waals surface area contributed by atoms with Crippen molar-refractivity contribution in [1.29, 1.82) is 0 Å². The third-order valence-electron chi connectivity index (χ3n) is 8.25. The van der Waals surface area contributed by atoms with Gasteiger partial charge in [-0.05, 0) is 49.4 Å². The standard InChI is InChI=1S/C31H33N5O4/c1-14(2)17-10-11-19-23(12-17)40-31(39)20-8-7-9-21(32)25(20)27(37)30(19,31)26-24-18(28(33)38)13-22(15(3)4)34-29(24)36(35-26)16(5)6/h7-16,39H,32H2,1-6H3,(H2,33,38). The van der Waals surface area contributed by atoms with Crippen molar-refractivity contribution < 1.29 is 19.4 Å². The van der Waals surface area contributed by atoms with Gasteiger partial charge < -0.3 is 21.3 Å². The van der Waals surface area contributed by atoms with E-state index in [1.54, 1.807) is 28.9 Å². The zero-order chi connectivity index (χ0) is 28.9. The van der Waals surface area contributed by atoms with Gasteiger partial charge in [0.15, 0.2) is 16.8 Å². The molecular weight excluding hydrogens is 506 g/mol. The summed E-state index contributed by atoms with van der Waals surface area (Å²) in [6.45, 7) is 11.9. The number of benzene rings is 2. The van der Waals surface area contributed by atoms with Crippen LogP contribution in [-0.2, 0) is 11.2 Å². The zero-order valence-corrected chi connectivity index (χ0v) is 23.4. The Bertz CT molecular complexity index is 1750. The molecule has 2 aromatic carbocycles. The molecule has 5 N–H and O–H groups in total. The second-order valence-electron chi connectivity index (χ2n) is 11.7. The lowest BCUT2D eigenvalue weighted by Gasteiger charge is -2.33. The molecular formula is C31H33N5O4. The van der Waals surface area contributed by atoms with E-state index in [4.69, 9.17) is 26.3 Å². The summed E-state index contributed by atoms with van der Waals surface area (Å²) in [5, 5.41) is 17.9. The highest BCUT2D eigenvalue weighted by molar-refractivity contribution is 6.18. The van der Waals surface area contributed by atoms with Gasteiger partial charge >= 0.3 is 0 Å². The van der Waals surface area contributed by atoms with E-state index in [9.17, 15) is 14.7 Å². The molecule has 0 radical (unpaired) electrons. The molecule has 0 saturated heterocycles. The first-order chi connectivity index (χ1) is 18.8. The van der Waals surface area contributed by atoms with Crippen LogP contribution in [0.2, 0.25) is 0 Å². The average Bonchev–Trinajstić information content (AvgIpc) is 3.46. The summed E-state index contributed by atoms with van der Waals surface area (Å²) in [5.74, 6) is -2.77. The molecule has 6 rings (SSSR count). The van der Waals surface area contributed by atoms with Gasteiger partial charge in [0.2, 0.25) is 5.91 Å². The summed E-state index contributed by atoms with van der Waals surface area (Å²) < 4.78 is 8.07. The number of nitrogens with two attached hydrogens (primary N) is 2. The maximum absolute atomic E-state index is 14.8. The maximum atomic E-state index is 14.8. The maximum Gasteiger partial charge on any atom is 0.258 e. The predicted molar refractivity (Wildman–Crippen MR) is 152 cm³/mol. The average molecular weight is 540 g/mol. The normalized spacial score (nSPS) is 21.3. The molecule has 2 aliphatic rings. The van der Waals surface area contributed by atoms with Gasteiger partial charge in [-0.2, -0.15) is 5.10 Å². The van der Waals surface area contributed by atoms with Crippen molar-refractivity contribution in [1.82, 2.24) is 14.8 Å². The first-order valence-corrected chi connectivity index (χ1v) is 13.6. The fourth-order valence-corrected chi connectivity index (χ4v) is 6.20. The van der Waals surface area contributed by atoms with Gasteiger partial charge in [-0.25, -0.2) is 9.67 Å². The Morgan fingerprint density at radius 3 is 2.38 bits per heavy atom. The van der Waals surface area contributed by atoms with Crippen molar-refractivity contribution in [2.45, 2.75) is 70.6 Å². The minimum atomic E-state index is -2.18. The molecule has 4 aromatic rings. The topological polar surface area (TPSA) is 146 Å². The number of aromatic nitrogens is 3. The van der Waals surface area contributed by atoms with E-state index in [1.807, 2.05) is 45.9 Å². The van der Waals surface area contributed by atoms with E-state index in [2.05, 4.69) is 13.8 Å². The lowest BCUT2D eigenvalue weighted by Crippen LogP contribution is -2.50. The number of ether oxygens (including phenoxy) is 1. The lowest BCUT2D eigenvalue weighted by atomic mass is 9.70. The number of nitrogen functional groups attached to an aromatic ring is 1. The molecule has 0 saturated carbocycles. The summed E-state index contributed by atoms with van der Waals surface area (Å²) in [6.07, 6.45) is 0. The molecule has 1 amide bonds. The highest BCUT2D eigenvalue weighted by atomic mass is 16.6. The molecule has 2 atom stereocenters. The predicted octanol–water partition coefficient (Wildman–Crippen LogP) is 4.66. The second kappa shape index (κ2) is 8.38. The minimum absolute atomic E-state index is 0.00119. The SMILES string of the molecule is CC(C)c1ccc2c(c1)OC1(O)c3cccc(N)c3C(=O)C21c1nn(C(C)C)c2nc(C(C)C)cc(C(N)=O)c12. The van der Waals surface area contributed by atoms with Crippen molar-refractivity contribution in [3.05, 3.63) is 81.7 Å². The van der Waals surface area contributed by atoms with Crippen LogP contribution in [0.1, 0.15) is 108 Å². The first-order valence-electron chi connectivity index (χ1n) is 13.6. The minimum Gasteiger partial charge on any atom is -0.456 e. The Labute approximate surface area is 232 Å². The number of ketones is 1. The summed E-state index contributed by atoms with van der Waals surface area (Å²) in [5.41, 5.74) is 13.9. The molecule has 2 unspecified atom stereocenters. The molecule has 3 heterocycles. The van der Waals surface area contributed by atoms with Crippen molar-refractivity contribution in [3.63, 3.8) is 0 Å². The fourth-order valence-electron chi connectivity index (χ4n) is 6.20. The quantitative estimate of drug-likeness (QED) is 0.313. The van der Waals surface area contributed by atoms with Crippen LogP contribution in [0.5, 0.6) is 5.75 Å². The van der Waals surface area contributed by atoms with Crippen molar-refractivity contribution in [2.75, 3.05) is 5.73 Å². The number of nitrogens with zero attached hydrogens (tertiary/aromatic N) is 3. The number of amides is 1. The number of fused-ring (bicyclic) bond motifs is 6. The van der Waals surface area contributed by atoms with Gasteiger partial charge in [0.1, 0.15) is 5.75 Å². The monoisotopic (exact) mass is 539 g/mol. The van der Waals surface area contributed by atoms with Gasteiger partial charge in [0.05, 0.1) is 22.2 Å². The van der Waals surface area contributed by atoms with E-state index < -0.39 is 22.9 Å². The smallest absolute Gasteiger partial charge is 0.258 e. The molecule has 9 nitrogen and oxygen atoms in total. The number of pyridine rings is 1. The number of Topliss-reactive ketones (excluding diaryl/α,β-unsaturated/α-hetero) is 1. The van der Waals surface area contributed by atoms with E-state index in [-0.39, 0.29) is 45.9 Å². The number of carbonyl (C=O) groups excluding carboxylic acids is 2. The number of carbonyl (C=O) groups is 2. The molecule has 1 aliphatic carbocycles. The third kappa shape index (κ3) is 3.06. The first kappa shape index (κ1) is 26.0. The number of rotatable bonds is 5. The fraction of sp³-hybridized carbons (Fsp3) is 0.355. The Morgan fingerprint density at radius 1 is 1.02 bits per heavy atom. The number of aliphatic hydroxyl groups is 1. The number of hydrogen-bond acceptors (Lipinski definition) is 7. The Hall–Kier alpha value is -4.24. The van der Waals surface area contributed by atoms with Crippen LogP contribution >= 0.6 is 0 Å². The van der Waals surface area contributed by atoms with Gasteiger partial charge in [-0.1, -0.05) is 52.0 Å². The molecule has 2 aromatic heterocycles. The largest absolute Gasteiger partial charge is 0.456 e. The lowest BCUT2D eigenvalue weighted by molar-refractivity contribution is -0.154. The van der Waals surface area contributed by atoms with Crippen molar-refractivity contribution in [3.8, 4) is 5.75 Å². The molecule has 0 spiro atoms. The third-order valence-corrected chi connectivity index (χ3v) is 8.25. The van der Waals surface area contributed by atoms with E-state index in [1.165, 1.54) is 0 Å². The summed E-state index contributed by atoms with van der Waals surface area (Å²) in [4.78, 5) is 32.6. The van der Waals surface area contributed by atoms with Crippen LogP contribution in [0.25, 0.3) is 11.0 Å². The Balaban J connectivity index is 1.82. The molecule has 1 aliphatic heterocycles. The Morgan fingerprint density at radius 2 is 1.75 bits per heavy atom. The molecule has 40 heavy (non-hydrogen) atoms. The van der Waals surface area contributed by atoms with Gasteiger partial charge in [0.25, 0.3) is 5.79 Å².